The van der Waals surface area contributed by atoms with Crippen molar-refractivity contribution in [2.24, 2.45) is 0 Å². The molecule has 2 aromatic rings. The summed E-state index contributed by atoms with van der Waals surface area (Å²) in [5.41, 5.74) is 1.08. The Bertz CT molecular complexity index is 1110. The summed E-state index contributed by atoms with van der Waals surface area (Å²) >= 11 is 0. The van der Waals surface area contributed by atoms with Gasteiger partial charge in [0.1, 0.15) is 5.75 Å². The Hall–Kier alpha value is -2.95. The minimum absolute atomic E-state index is 0.00163. The van der Waals surface area contributed by atoms with Crippen LogP contribution < -0.4 is 20.1 Å². The standard InChI is InChI=1S/C21H23N3O6S/c1-13-20(25)24-18-11-15(7-8-19(18)30-13)23-21(26)14-4-2-6-17(10-14)31(27,28)22-12-16-5-3-9-29-16/h2,4,6-8,10-11,13,16,22H,3,5,9,12H2,1H3,(H,23,26)(H,24,25)/t13-,16+/m1/s1. The molecule has 31 heavy (non-hydrogen) atoms. The third-order valence-electron chi connectivity index (χ3n) is 5.10. The van der Waals surface area contributed by atoms with E-state index in [1.165, 1.54) is 24.3 Å². The van der Waals surface area contributed by atoms with Crippen LogP contribution in [-0.4, -0.2) is 45.6 Å². The fourth-order valence-corrected chi connectivity index (χ4v) is 4.50. The number of hydrogen-bond donors (Lipinski definition) is 3. The van der Waals surface area contributed by atoms with E-state index >= 15 is 0 Å². The minimum atomic E-state index is -3.77. The van der Waals surface area contributed by atoms with E-state index in [1.54, 1.807) is 25.1 Å². The van der Waals surface area contributed by atoms with Gasteiger partial charge in [0.2, 0.25) is 10.0 Å². The van der Waals surface area contributed by atoms with Crippen LogP contribution in [0.5, 0.6) is 5.75 Å². The topological polar surface area (TPSA) is 123 Å². The number of carbonyl (C=O) groups excluding carboxylic acids is 2. The quantitative estimate of drug-likeness (QED) is 0.626. The van der Waals surface area contributed by atoms with Gasteiger partial charge in [0.05, 0.1) is 16.7 Å². The molecule has 3 N–H and O–H groups in total. The second kappa shape index (κ2) is 8.66. The monoisotopic (exact) mass is 445 g/mol. The van der Waals surface area contributed by atoms with Gasteiger partial charge in [0.25, 0.3) is 11.8 Å². The molecule has 0 spiro atoms. The number of carbonyl (C=O) groups is 2. The molecule has 2 amide bonds. The van der Waals surface area contributed by atoms with Crippen LogP contribution in [0.4, 0.5) is 11.4 Å². The molecule has 2 heterocycles. The third kappa shape index (κ3) is 4.87. The number of sulfonamides is 1. The number of nitrogens with one attached hydrogen (secondary N) is 3. The lowest BCUT2D eigenvalue weighted by Gasteiger charge is -2.23. The highest BCUT2D eigenvalue weighted by Crippen LogP contribution is 2.32. The van der Waals surface area contributed by atoms with E-state index in [0.717, 1.165) is 12.8 Å². The van der Waals surface area contributed by atoms with Gasteiger partial charge in [0.15, 0.2) is 6.10 Å². The van der Waals surface area contributed by atoms with Gasteiger partial charge < -0.3 is 20.1 Å². The molecule has 1 fully saturated rings. The van der Waals surface area contributed by atoms with Crippen molar-refractivity contribution in [2.45, 2.75) is 36.9 Å². The maximum absolute atomic E-state index is 12.7. The van der Waals surface area contributed by atoms with Crippen molar-refractivity contribution in [3.63, 3.8) is 0 Å². The average Bonchev–Trinajstić information content (AvgIpc) is 3.27. The lowest BCUT2D eigenvalue weighted by Crippen LogP contribution is -2.34. The fraction of sp³-hybridized carbons (Fsp3) is 0.333. The van der Waals surface area contributed by atoms with E-state index < -0.39 is 22.0 Å². The maximum atomic E-state index is 12.7. The Morgan fingerprint density at radius 2 is 2.06 bits per heavy atom. The molecule has 2 aliphatic rings. The SMILES string of the molecule is C[C@H]1Oc2ccc(NC(=O)c3cccc(S(=O)(=O)NC[C@@H]4CCCO4)c3)cc2NC1=O. The first-order chi connectivity index (χ1) is 14.8. The molecule has 1 saturated heterocycles. The van der Waals surface area contributed by atoms with Crippen LogP contribution in [0.3, 0.4) is 0 Å². The summed E-state index contributed by atoms with van der Waals surface area (Å²) < 4.78 is 38.6. The average molecular weight is 445 g/mol. The van der Waals surface area contributed by atoms with Crippen molar-refractivity contribution < 1.29 is 27.5 Å². The molecule has 0 aromatic heterocycles. The summed E-state index contributed by atoms with van der Waals surface area (Å²) in [5.74, 6) is -0.243. The maximum Gasteiger partial charge on any atom is 0.265 e. The Morgan fingerprint density at radius 1 is 1.23 bits per heavy atom. The first kappa shape index (κ1) is 21.3. The van der Waals surface area contributed by atoms with E-state index in [4.69, 9.17) is 9.47 Å². The van der Waals surface area contributed by atoms with Crippen molar-refractivity contribution in [1.29, 1.82) is 0 Å². The third-order valence-corrected chi connectivity index (χ3v) is 6.52. The molecule has 2 aliphatic heterocycles. The number of rotatable bonds is 6. The van der Waals surface area contributed by atoms with Gasteiger partial charge in [-0.25, -0.2) is 13.1 Å². The van der Waals surface area contributed by atoms with Crippen LogP contribution in [0.15, 0.2) is 47.4 Å². The Balaban J connectivity index is 1.46. The second-order valence-electron chi connectivity index (χ2n) is 7.43. The molecule has 164 valence electrons. The normalized spacial score (nSPS) is 20.5. The van der Waals surface area contributed by atoms with Crippen molar-refractivity contribution in [1.82, 2.24) is 4.72 Å². The molecule has 2 atom stereocenters. The van der Waals surface area contributed by atoms with Crippen LogP contribution >= 0.6 is 0 Å². The number of amides is 2. The van der Waals surface area contributed by atoms with Crippen molar-refractivity contribution in [3.05, 3.63) is 48.0 Å². The number of anilines is 2. The molecule has 0 saturated carbocycles. The van der Waals surface area contributed by atoms with Crippen LogP contribution in [-0.2, 0) is 19.6 Å². The van der Waals surface area contributed by atoms with Gasteiger partial charge in [0, 0.05) is 24.4 Å². The molecule has 0 radical (unpaired) electrons. The summed E-state index contributed by atoms with van der Waals surface area (Å²) in [4.78, 5) is 24.5. The van der Waals surface area contributed by atoms with Gasteiger partial charge in [-0.05, 0) is 56.2 Å². The molecule has 0 unspecified atom stereocenters. The summed E-state index contributed by atoms with van der Waals surface area (Å²) in [6.07, 6.45) is 1.01. The molecule has 9 nitrogen and oxygen atoms in total. The van der Waals surface area contributed by atoms with E-state index in [9.17, 15) is 18.0 Å². The number of benzene rings is 2. The molecule has 2 aromatic carbocycles. The predicted molar refractivity (Wildman–Crippen MR) is 114 cm³/mol. The second-order valence-corrected chi connectivity index (χ2v) is 9.20. The number of fused-ring (bicyclic) bond motifs is 1. The molecular formula is C21H23N3O6S. The van der Waals surface area contributed by atoms with Gasteiger partial charge in [-0.3, -0.25) is 9.59 Å². The van der Waals surface area contributed by atoms with Gasteiger partial charge in [-0.15, -0.1) is 0 Å². The van der Waals surface area contributed by atoms with E-state index in [-0.39, 0.29) is 29.0 Å². The Labute approximate surface area is 180 Å². The minimum Gasteiger partial charge on any atom is -0.479 e. The lowest BCUT2D eigenvalue weighted by molar-refractivity contribution is -0.122. The van der Waals surface area contributed by atoms with Crippen molar-refractivity contribution in [2.75, 3.05) is 23.8 Å². The van der Waals surface area contributed by atoms with E-state index in [0.29, 0.717) is 23.7 Å². The van der Waals surface area contributed by atoms with E-state index in [1.807, 2.05) is 0 Å². The first-order valence-corrected chi connectivity index (χ1v) is 11.4. The van der Waals surface area contributed by atoms with Gasteiger partial charge in [-0.2, -0.15) is 0 Å². The first-order valence-electron chi connectivity index (χ1n) is 9.96. The van der Waals surface area contributed by atoms with Crippen molar-refractivity contribution in [3.8, 4) is 5.75 Å². The van der Waals surface area contributed by atoms with Gasteiger partial charge in [-0.1, -0.05) is 6.07 Å². The molecule has 0 bridgehead atoms. The van der Waals surface area contributed by atoms with Crippen LogP contribution in [0.25, 0.3) is 0 Å². The Kier molecular flexibility index (Phi) is 5.94. The largest absolute Gasteiger partial charge is 0.479 e. The van der Waals surface area contributed by atoms with Crippen LogP contribution in [0.2, 0.25) is 0 Å². The molecular weight excluding hydrogens is 422 g/mol. The zero-order valence-corrected chi connectivity index (χ0v) is 17.7. The zero-order valence-electron chi connectivity index (χ0n) is 16.9. The number of hydrogen-bond acceptors (Lipinski definition) is 6. The number of ether oxygens (including phenoxy) is 2. The summed E-state index contributed by atoms with van der Waals surface area (Å²) in [5, 5.41) is 5.42. The summed E-state index contributed by atoms with van der Waals surface area (Å²) in [6, 6.07) is 10.7. The van der Waals surface area contributed by atoms with Crippen LogP contribution in [0.1, 0.15) is 30.1 Å². The molecule has 10 heteroatoms. The smallest absolute Gasteiger partial charge is 0.265 e. The van der Waals surface area contributed by atoms with E-state index in [2.05, 4.69) is 15.4 Å². The summed E-state index contributed by atoms with van der Waals surface area (Å²) in [7, 11) is -3.77. The fourth-order valence-electron chi connectivity index (χ4n) is 3.39. The highest BCUT2D eigenvalue weighted by Gasteiger charge is 2.24. The van der Waals surface area contributed by atoms with Crippen molar-refractivity contribution >= 4 is 33.2 Å². The highest BCUT2D eigenvalue weighted by molar-refractivity contribution is 7.89. The van der Waals surface area contributed by atoms with Gasteiger partial charge >= 0.3 is 0 Å². The zero-order chi connectivity index (χ0) is 22.0. The van der Waals surface area contributed by atoms with Crippen LogP contribution in [0, 0.1) is 0 Å². The summed E-state index contributed by atoms with van der Waals surface area (Å²) in [6.45, 7) is 2.48. The lowest BCUT2D eigenvalue weighted by atomic mass is 10.2. The molecule has 0 aliphatic carbocycles. The Morgan fingerprint density at radius 3 is 2.84 bits per heavy atom. The predicted octanol–water partition coefficient (Wildman–Crippen LogP) is 2.12. The molecule has 4 rings (SSSR count). The highest BCUT2D eigenvalue weighted by atomic mass is 32.2.